The first-order chi connectivity index (χ1) is 19.2. The molecule has 2 fully saturated rings. The van der Waals surface area contributed by atoms with Gasteiger partial charge < -0.3 is 15.7 Å². The fourth-order valence-corrected chi connectivity index (χ4v) is 6.29. The molecule has 1 aliphatic carbocycles. The number of nitrogens with zero attached hydrogens (tertiary/aromatic N) is 7. The zero-order chi connectivity index (χ0) is 28.0. The lowest BCUT2D eigenvalue weighted by molar-refractivity contribution is -0.158. The summed E-state index contributed by atoms with van der Waals surface area (Å²) in [5.41, 5.74) is 14.8. The van der Waals surface area contributed by atoms with Gasteiger partial charge in [0.1, 0.15) is 18.1 Å². The third-order valence-corrected chi connectivity index (χ3v) is 8.38. The largest absolute Gasteiger partial charge is 0.481 e. The van der Waals surface area contributed by atoms with Crippen molar-refractivity contribution < 1.29 is 14.7 Å². The van der Waals surface area contributed by atoms with Crippen LogP contribution in [0.3, 0.4) is 0 Å². The third kappa shape index (κ3) is 4.60. The minimum absolute atomic E-state index is 0.227. The predicted molar refractivity (Wildman–Crippen MR) is 149 cm³/mol. The van der Waals surface area contributed by atoms with Gasteiger partial charge in [0.2, 0.25) is 5.91 Å². The molecule has 1 amide bonds. The maximum atomic E-state index is 12.8. The number of piperazine rings is 1. The highest BCUT2D eigenvalue weighted by molar-refractivity contribution is 5.89. The normalized spacial score (nSPS) is 24.4. The molecule has 40 heavy (non-hydrogen) atoms. The Balaban J connectivity index is 1.24. The van der Waals surface area contributed by atoms with Crippen LogP contribution < -0.4 is 26.8 Å². The van der Waals surface area contributed by atoms with Crippen LogP contribution in [-0.4, -0.2) is 87.0 Å². The average molecular weight is 547 g/mol. The quantitative estimate of drug-likeness (QED) is 0.333. The number of nitrogens with two attached hydrogens (primary N) is 1. The summed E-state index contributed by atoms with van der Waals surface area (Å²) < 4.78 is 0. The molecule has 2 aliphatic heterocycles. The van der Waals surface area contributed by atoms with Gasteiger partial charge in [0.25, 0.3) is 0 Å². The topological polar surface area (TPSA) is 156 Å². The first-order valence-electron chi connectivity index (χ1n) is 13.5. The molecule has 0 spiro atoms. The zero-order valence-corrected chi connectivity index (χ0v) is 22.6. The molecule has 1 saturated heterocycles. The van der Waals surface area contributed by atoms with E-state index >= 15 is 0 Å². The van der Waals surface area contributed by atoms with Crippen LogP contribution in [0.15, 0.2) is 42.9 Å². The molecule has 1 unspecified atom stereocenters. The number of fused-ring (bicyclic) bond motifs is 2. The summed E-state index contributed by atoms with van der Waals surface area (Å²) in [7, 11) is 2.02. The monoisotopic (exact) mass is 546 g/mol. The van der Waals surface area contributed by atoms with E-state index in [4.69, 9.17) is 5.73 Å². The number of carbonyl (C=O) groups excluding carboxylic acids is 1. The first-order valence-corrected chi connectivity index (χ1v) is 13.5. The number of hydrogen-bond acceptors (Lipinski definition) is 11. The number of carbonyl (C=O) groups is 2. The van der Waals surface area contributed by atoms with E-state index in [-0.39, 0.29) is 12.5 Å². The second-order valence-corrected chi connectivity index (χ2v) is 11.0. The third-order valence-electron chi connectivity index (χ3n) is 8.38. The summed E-state index contributed by atoms with van der Waals surface area (Å²) in [5, 5.41) is 15.0. The number of amides is 1. The second-order valence-electron chi connectivity index (χ2n) is 11.0. The van der Waals surface area contributed by atoms with Crippen LogP contribution in [0.4, 0.5) is 17.2 Å². The van der Waals surface area contributed by atoms with Crippen LogP contribution in [-0.2, 0) is 9.59 Å². The van der Waals surface area contributed by atoms with Gasteiger partial charge in [-0.2, -0.15) is 0 Å². The number of carboxylic acids is 1. The fourth-order valence-electron chi connectivity index (χ4n) is 6.29. The number of benzene rings is 1. The number of anilines is 3. The molecule has 3 aromatic rings. The van der Waals surface area contributed by atoms with Gasteiger partial charge in [-0.05, 0) is 57.5 Å². The number of aliphatic carboxylic acids is 1. The number of pyridine rings is 1. The van der Waals surface area contributed by atoms with Gasteiger partial charge >= 0.3 is 5.97 Å². The molecule has 5 N–H and O–H groups in total. The minimum Gasteiger partial charge on any atom is -0.481 e. The highest BCUT2D eigenvalue weighted by atomic mass is 16.4. The standard InChI is InChI=1S/C27H34N10O3/c1-17-3-4-18-13-20(5-6-21(18)31-17)36-25-22(15-29-16-30-25)37(33-36)32-19-7-8-27(14-19,26(39)40)23(24(28)38)35-11-9-34(2)10-12-35/h3-6,13,15-16,19,23,32-33H,7-12,14H2,1-2H3,(H2,28,38)(H,39,40)/t19-,23?,27+/m1/s1. The summed E-state index contributed by atoms with van der Waals surface area (Å²) in [6.07, 6.45) is 4.34. The van der Waals surface area contributed by atoms with E-state index in [9.17, 15) is 14.7 Å². The molecule has 6 rings (SSSR count). The van der Waals surface area contributed by atoms with E-state index in [1.54, 1.807) is 11.3 Å². The van der Waals surface area contributed by atoms with Crippen LogP contribution in [0, 0.1) is 12.3 Å². The molecule has 3 atom stereocenters. The number of hydrazine groups is 3. The van der Waals surface area contributed by atoms with Crippen molar-refractivity contribution in [2.45, 2.75) is 38.3 Å². The Morgan fingerprint density at radius 3 is 2.75 bits per heavy atom. The SMILES string of the molecule is Cc1ccc2cc(N3NN(N[C@@H]4CC[C@@](C(=O)O)(C(C(N)=O)N5CCN(C)CC5)C4)c4cncnc43)ccc2n1. The van der Waals surface area contributed by atoms with Gasteiger partial charge in [0.15, 0.2) is 5.82 Å². The van der Waals surface area contributed by atoms with E-state index in [0.29, 0.717) is 37.4 Å². The van der Waals surface area contributed by atoms with Gasteiger partial charge in [-0.25, -0.2) is 25.5 Å². The van der Waals surface area contributed by atoms with Crippen LogP contribution in [0.1, 0.15) is 25.0 Å². The van der Waals surface area contributed by atoms with Crippen molar-refractivity contribution in [2.75, 3.05) is 43.4 Å². The van der Waals surface area contributed by atoms with Gasteiger partial charge in [-0.1, -0.05) is 6.07 Å². The van der Waals surface area contributed by atoms with Crippen LogP contribution in [0.5, 0.6) is 0 Å². The smallest absolute Gasteiger partial charge is 0.311 e. The lowest BCUT2D eigenvalue weighted by Gasteiger charge is -2.43. The van der Waals surface area contributed by atoms with Crippen LogP contribution >= 0.6 is 0 Å². The molecular formula is C27H34N10O3. The molecule has 13 nitrogen and oxygen atoms in total. The Kier molecular flexibility index (Phi) is 6.74. The molecule has 0 bridgehead atoms. The summed E-state index contributed by atoms with van der Waals surface area (Å²) in [4.78, 5) is 42.9. The van der Waals surface area contributed by atoms with Crippen molar-refractivity contribution in [3.8, 4) is 0 Å². The maximum Gasteiger partial charge on any atom is 0.311 e. The Labute approximate surface area is 231 Å². The molecule has 1 saturated carbocycles. The van der Waals surface area contributed by atoms with Gasteiger partial charge in [-0.15, -0.1) is 5.53 Å². The van der Waals surface area contributed by atoms with E-state index in [1.165, 1.54) is 6.33 Å². The first kappa shape index (κ1) is 26.3. The molecule has 0 radical (unpaired) electrons. The lowest BCUT2D eigenvalue weighted by Crippen LogP contribution is -2.62. The second kappa shape index (κ2) is 10.2. The number of primary amides is 1. The highest BCUT2D eigenvalue weighted by Gasteiger charge is 2.56. The van der Waals surface area contributed by atoms with Gasteiger partial charge in [0, 0.05) is 43.3 Å². The summed E-state index contributed by atoms with van der Waals surface area (Å²) in [6.45, 7) is 4.69. The van der Waals surface area contributed by atoms with E-state index < -0.39 is 23.3 Å². The van der Waals surface area contributed by atoms with E-state index in [1.807, 2.05) is 54.2 Å². The van der Waals surface area contributed by atoms with Crippen LogP contribution in [0.25, 0.3) is 10.9 Å². The Morgan fingerprint density at radius 1 is 1.20 bits per heavy atom. The minimum atomic E-state index is -1.28. The molecule has 210 valence electrons. The Bertz CT molecular complexity index is 1450. The number of rotatable bonds is 7. The summed E-state index contributed by atoms with van der Waals surface area (Å²) in [6, 6.07) is 8.88. The van der Waals surface area contributed by atoms with E-state index in [2.05, 4.69) is 30.8 Å². The Morgan fingerprint density at radius 2 is 2.00 bits per heavy atom. The van der Waals surface area contributed by atoms with Crippen molar-refractivity contribution in [3.63, 3.8) is 0 Å². The number of carboxylic acid groups (broad SMARTS) is 1. The number of aryl methyl sites for hydroxylation is 1. The number of nitrogens with one attached hydrogen (secondary N) is 2. The molecule has 4 heterocycles. The lowest BCUT2D eigenvalue weighted by atomic mass is 9.76. The molecule has 13 heteroatoms. The van der Waals surface area contributed by atoms with E-state index in [0.717, 1.165) is 35.4 Å². The van der Waals surface area contributed by atoms with Crippen LogP contribution in [0.2, 0.25) is 0 Å². The summed E-state index contributed by atoms with van der Waals surface area (Å²) in [5.74, 6) is -0.922. The molecule has 3 aliphatic rings. The van der Waals surface area contributed by atoms with Crippen molar-refractivity contribution in [1.82, 2.24) is 35.7 Å². The number of likely N-dealkylation sites (N-methyl/N-ethyl adjacent to an activating group) is 1. The number of aromatic nitrogens is 3. The molecule has 1 aromatic carbocycles. The molecule has 2 aromatic heterocycles. The Hall–Kier alpha value is -3.91. The number of hydrogen-bond donors (Lipinski definition) is 4. The van der Waals surface area contributed by atoms with Crippen molar-refractivity contribution >= 4 is 40.0 Å². The van der Waals surface area contributed by atoms with Crippen molar-refractivity contribution in [2.24, 2.45) is 11.1 Å². The van der Waals surface area contributed by atoms with Gasteiger partial charge in [0.05, 0.1) is 22.8 Å². The predicted octanol–water partition coefficient (Wildman–Crippen LogP) is 0.940. The molecular weight excluding hydrogens is 512 g/mol. The fraction of sp³-hybridized carbons (Fsp3) is 0.444. The zero-order valence-electron chi connectivity index (χ0n) is 22.6. The average Bonchev–Trinajstić information content (AvgIpc) is 3.52. The highest BCUT2D eigenvalue weighted by Crippen LogP contribution is 2.45. The maximum absolute atomic E-state index is 12.8. The van der Waals surface area contributed by atoms with Crippen molar-refractivity contribution in [3.05, 3.63) is 48.5 Å². The van der Waals surface area contributed by atoms with Crippen molar-refractivity contribution in [1.29, 1.82) is 0 Å². The summed E-state index contributed by atoms with van der Waals surface area (Å²) >= 11 is 0. The van der Waals surface area contributed by atoms with Gasteiger partial charge in [-0.3, -0.25) is 19.5 Å².